The molecular weight excluding hydrogens is 1430 g/mol. The van der Waals surface area contributed by atoms with Gasteiger partial charge in [-0.15, -0.1) is 0 Å². The molecule has 0 bridgehead atoms. The molecule has 119 heavy (non-hydrogen) atoms. The highest BCUT2D eigenvalue weighted by Crippen LogP contribution is 2.62. The number of hydrogen-bond donors (Lipinski definition) is 0. The molecule has 2 heteroatoms. The molecule has 19 aromatic rings. The minimum Gasteiger partial charge on any atom is -0.309 e. The largest absolute Gasteiger partial charge is 0.309 e. The molecule has 0 aromatic heterocycles. The predicted molar refractivity (Wildman–Crippen MR) is 501 cm³/mol. The molecule has 1 unspecified atom stereocenters. The van der Waals surface area contributed by atoms with Gasteiger partial charge in [0.05, 0.1) is 28.2 Å². The van der Waals surface area contributed by atoms with E-state index in [0.29, 0.717) is 0 Å². The fourth-order valence-electron chi connectivity index (χ4n) is 20.3. The van der Waals surface area contributed by atoms with Crippen molar-refractivity contribution >= 4 is 55.7 Å². The lowest BCUT2D eigenvalue weighted by Gasteiger charge is -2.35. The van der Waals surface area contributed by atoms with E-state index in [9.17, 15) is 0 Å². The van der Waals surface area contributed by atoms with Gasteiger partial charge >= 0.3 is 0 Å². The van der Waals surface area contributed by atoms with Crippen LogP contribution in [-0.4, -0.2) is 0 Å². The van der Waals surface area contributed by atoms with Crippen LogP contribution in [0.1, 0.15) is 72.2 Å². The smallest absolute Gasteiger partial charge is 0.0714 e. The number of benzene rings is 19. The monoisotopic (exact) mass is 1520 g/mol. The van der Waals surface area contributed by atoms with Gasteiger partial charge in [-0.25, -0.2) is 0 Å². The Kier molecular flexibility index (Phi) is 16.9. The van der Waals surface area contributed by atoms with Crippen LogP contribution in [0.2, 0.25) is 0 Å². The van der Waals surface area contributed by atoms with E-state index in [0.717, 1.165) is 95.3 Å². The second-order valence-electron chi connectivity index (χ2n) is 33.4. The zero-order valence-corrected chi connectivity index (χ0v) is 67.0. The number of hydrogen-bond acceptors (Lipinski definition) is 2. The van der Waals surface area contributed by atoms with Crippen LogP contribution in [-0.2, 0) is 16.2 Å². The van der Waals surface area contributed by atoms with Crippen molar-refractivity contribution in [1.29, 1.82) is 0 Å². The van der Waals surface area contributed by atoms with Crippen LogP contribution < -0.4 is 9.80 Å². The third kappa shape index (κ3) is 11.7. The summed E-state index contributed by atoms with van der Waals surface area (Å²) in [6.07, 6.45) is 0. The number of para-hydroxylation sites is 1. The van der Waals surface area contributed by atoms with E-state index < -0.39 is 5.41 Å². The summed E-state index contributed by atoms with van der Waals surface area (Å²) in [6, 6.07) is 164. The van der Waals surface area contributed by atoms with Gasteiger partial charge in [0.1, 0.15) is 0 Å². The van der Waals surface area contributed by atoms with E-state index >= 15 is 0 Å². The van der Waals surface area contributed by atoms with Crippen LogP contribution in [0, 0.1) is 0 Å². The van der Waals surface area contributed by atoms with Gasteiger partial charge in [-0.1, -0.05) is 398 Å². The summed E-state index contributed by atoms with van der Waals surface area (Å²) in [5.41, 5.74) is 39.1. The van der Waals surface area contributed by atoms with Crippen LogP contribution in [0.25, 0.3) is 133 Å². The van der Waals surface area contributed by atoms with Gasteiger partial charge in [-0.3, -0.25) is 0 Å². The van der Waals surface area contributed by atoms with Crippen molar-refractivity contribution in [2.24, 2.45) is 0 Å². The second-order valence-corrected chi connectivity index (χ2v) is 33.4. The van der Waals surface area contributed by atoms with Crippen molar-refractivity contribution in [3.05, 3.63) is 481 Å². The molecule has 0 heterocycles. The molecule has 2 nitrogen and oxygen atoms in total. The molecular formula is C117H84N2. The third-order valence-corrected chi connectivity index (χ3v) is 26.1. The summed E-state index contributed by atoms with van der Waals surface area (Å²) in [5.74, 6) is 0. The molecule has 0 saturated carbocycles. The minimum atomic E-state index is -0.743. The normalized spacial score (nSPS) is 14.2. The van der Waals surface area contributed by atoms with E-state index in [1.807, 2.05) is 0 Å². The third-order valence-electron chi connectivity index (χ3n) is 26.1. The SMILES string of the molecule is CC1(C)c2ccccc2-c2ccc(N(c3ccccc3-c3ccc(-c4ccccc4)cc3)c3cc(-c4ccc5ccccc5c4)ccc3-c3cccc(-c4ccc(C5(c6ccccc6)c6ccccc6-c6c(N(c7ccc8c(c7)C(C)(C)c7ccccc7-8)c7cc(-c8ccc9ccccc9c8)ccc7-c7ccccc7)cccc65)cc4)c3)cc21. The highest BCUT2D eigenvalue weighted by Gasteiger charge is 2.48. The summed E-state index contributed by atoms with van der Waals surface area (Å²) in [5, 5.41) is 4.86. The van der Waals surface area contributed by atoms with Crippen LogP contribution >= 0.6 is 0 Å². The Morgan fingerprint density at radius 3 is 1.09 bits per heavy atom. The van der Waals surface area contributed by atoms with Gasteiger partial charge < -0.3 is 9.80 Å². The number of nitrogens with zero attached hydrogens (tertiary/aromatic N) is 2. The molecule has 0 amide bonds. The zero-order valence-electron chi connectivity index (χ0n) is 67.0. The Balaban J connectivity index is 0.716. The molecule has 0 fully saturated rings. The van der Waals surface area contributed by atoms with Crippen molar-refractivity contribution in [3.63, 3.8) is 0 Å². The molecule has 3 aliphatic carbocycles. The fraction of sp³-hybridized carbons (Fsp3) is 0.0598. The Labute approximate surface area is 697 Å². The number of rotatable bonds is 15. The molecule has 0 spiro atoms. The first-order valence-corrected chi connectivity index (χ1v) is 41.7. The van der Waals surface area contributed by atoms with Crippen molar-refractivity contribution in [3.8, 4) is 111 Å². The molecule has 0 N–H and O–H groups in total. The van der Waals surface area contributed by atoms with Gasteiger partial charge in [0, 0.05) is 44.5 Å². The van der Waals surface area contributed by atoms with Crippen molar-refractivity contribution in [2.45, 2.75) is 43.9 Å². The molecule has 3 aliphatic rings. The highest BCUT2D eigenvalue weighted by atomic mass is 15.2. The Bertz CT molecular complexity index is 7210. The van der Waals surface area contributed by atoms with Crippen molar-refractivity contribution < 1.29 is 0 Å². The second kappa shape index (κ2) is 28.3. The highest BCUT2D eigenvalue weighted by molar-refractivity contribution is 6.03. The zero-order chi connectivity index (χ0) is 79.5. The summed E-state index contributed by atoms with van der Waals surface area (Å²) < 4.78 is 0. The topological polar surface area (TPSA) is 6.48 Å². The molecule has 22 rings (SSSR count). The fourth-order valence-corrected chi connectivity index (χ4v) is 20.3. The Morgan fingerprint density at radius 1 is 0.168 bits per heavy atom. The predicted octanol–water partition coefficient (Wildman–Crippen LogP) is 31.6. The van der Waals surface area contributed by atoms with E-state index in [4.69, 9.17) is 0 Å². The minimum absolute atomic E-state index is 0.245. The molecule has 562 valence electrons. The van der Waals surface area contributed by atoms with E-state index in [-0.39, 0.29) is 10.8 Å². The first-order valence-electron chi connectivity index (χ1n) is 41.7. The lowest BCUT2D eigenvalue weighted by atomic mass is 9.67. The maximum absolute atomic E-state index is 2.61. The Morgan fingerprint density at radius 2 is 0.504 bits per heavy atom. The summed E-state index contributed by atoms with van der Waals surface area (Å²) in [7, 11) is 0. The van der Waals surface area contributed by atoms with Crippen LogP contribution in [0.3, 0.4) is 0 Å². The molecule has 1 atom stereocenters. The van der Waals surface area contributed by atoms with E-state index in [1.165, 1.54) is 116 Å². The van der Waals surface area contributed by atoms with E-state index in [2.05, 4.69) is 474 Å². The number of anilines is 6. The van der Waals surface area contributed by atoms with Gasteiger partial charge in [0.25, 0.3) is 0 Å². The number of fused-ring (bicyclic) bond motifs is 11. The van der Waals surface area contributed by atoms with Gasteiger partial charge in [-0.05, 0) is 222 Å². The van der Waals surface area contributed by atoms with Gasteiger partial charge in [0.2, 0.25) is 0 Å². The maximum Gasteiger partial charge on any atom is 0.0714 e. The van der Waals surface area contributed by atoms with Crippen LogP contribution in [0.4, 0.5) is 34.1 Å². The van der Waals surface area contributed by atoms with Gasteiger partial charge in [-0.2, -0.15) is 0 Å². The average Bonchev–Trinajstić information content (AvgIpc) is 1.53. The van der Waals surface area contributed by atoms with Crippen molar-refractivity contribution in [1.82, 2.24) is 0 Å². The first-order chi connectivity index (χ1) is 58.5. The van der Waals surface area contributed by atoms with Gasteiger partial charge in [0.15, 0.2) is 0 Å². The summed E-state index contributed by atoms with van der Waals surface area (Å²) in [4.78, 5) is 5.17. The standard InChI is InChI=1S/C117H84N2/c1-115(2)104-44-22-18-41-99(104)101-68-64-94(75-108(101)115)118(110-48-25-21-40-96(110)83-54-50-80(51-55-83)77-28-8-5-9-29-77)113-74-90(88-57-53-79-31-15-17-35-85(79)71-88)61-67-98(113)91-37-26-36-86(72-91)81-58-62-93(63-59-81)117(92-38-12-7-13-39-92)106-46-24-20-43-103(106)114-107(117)47-27-49-111(114)119(95-65-69-102-100-42-19-23-45-105(100)116(3,4)109(102)76-95)112-73-89(60-66-97(112)82-32-10-6-11-33-82)87-56-52-78-30-14-16-34-84(78)70-87/h5-76H,1-4H3. The molecule has 0 radical (unpaired) electrons. The van der Waals surface area contributed by atoms with Crippen LogP contribution in [0.5, 0.6) is 0 Å². The lowest BCUT2D eigenvalue weighted by Crippen LogP contribution is -2.28. The van der Waals surface area contributed by atoms with E-state index in [1.54, 1.807) is 0 Å². The van der Waals surface area contributed by atoms with Crippen molar-refractivity contribution in [2.75, 3.05) is 9.80 Å². The molecule has 0 aliphatic heterocycles. The summed E-state index contributed by atoms with van der Waals surface area (Å²) in [6.45, 7) is 9.57. The molecule has 0 saturated heterocycles. The molecule has 19 aromatic carbocycles. The quantitative estimate of drug-likeness (QED) is 0.101. The lowest BCUT2D eigenvalue weighted by molar-refractivity contribution is 0.660. The average molecular weight is 1520 g/mol. The summed E-state index contributed by atoms with van der Waals surface area (Å²) >= 11 is 0. The van der Waals surface area contributed by atoms with Crippen LogP contribution in [0.15, 0.2) is 437 Å². The maximum atomic E-state index is 2.61. The first kappa shape index (κ1) is 70.9. The Hall–Kier alpha value is -14.7.